The van der Waals surface area contributed by atoms with E-state index in [0.717, 1.165) is 43.6 Å². The molecule has 2 fully saturated rings. The van der Waals surface area contributed by atoms with Gasteiger partial charge in [0, 0.05) is 44.0 Å². The fourth-order valence-electron chi connectivity index (χ4n) is 3.35. The highest BCUT2D eigenvalue weighted by Crippen LogP contribution is 2.26. The van der Waals surface area contributed by atoms with Crippen molar-refractivity contribution in [2.24, 2.45) is 0 Å². The quantitative estimate of drug-likeness (QED) is 0.929. The molecule has 0 atom stereocenters. The Balaban J connectivity index is 1.62. The van der Waals surface area contributed by atoms with Gasteiger partial charge in [-0.2, -0.15) is 0 Å². The van der Waals surface area contributed by atoms with E-state index < -0.39 is 0 Å². The van der Waals surface area contributed by atoms with E-state index in [1.165, 1.54) is 25.7 Å². The van der Waals surface area contributed by atoms with Crippen LogP contribution in [0.3, 0.4) is 0 Å². The van der Waals surface area contributed by atoms with E-state index in [-0.39, 0.29) is 6.61 Å². The van der Waals surface area contributed by atoms with Crippen LogP contribution in [0.4, 0.5) is 5.82 Å². The van der Waals surface area contributed by atoms with Crippen LogP contribution in [0, 0.1) is 0 Å². The van der Waals surface area contributed by atoms with E-state index in [0.29, 0.717) is 5.02 Å². The summed E-state index contributed by atoms with van der Waals surface area (Å²) in [6, 6.07) is 2.72. The van der Waals surface area contributed by atoms with Gasteiger partial charge >= 0.3 is 0 Å². The summed E-state index contributed by atoms with van der Waals surface area (Å²) in [7, 11) is 0. The maximum atomic E-state index is 9.29. The number of aliphatic hydroxyl groups is 1. The molecular weight excluding hydrogens is 274 g/mol. The molecule has 110 valence electrons. The van der Waals surface area contributed by atoms with Crippen molar-refractivity contribution in [2.75, 3.05) is 31.1 Å². The van der Waals surface area contributed by atoms with Gasteiger partial charge in [0.2, 0.25) is 0 Å². The zero-order valence-electron chi connectivity index (χ0n) is 11.8. The molecule has 2 aliphatic rings. The largest absolute Gasteiger partial charge is 0.392 e. The predicted octanol–water partition coefficient (Wildman–Crippen LogP) is 2.29. The first-order chi connectivity index (χ1) is 9.78. The molecule has 1 aromatic heterocycles. The topological polar surface area (TPSA) is 39.6 Å². The smallest absolute Gasteiger partial charge is 0.129 e. The molecule has 20 heavy (non-hydrogen) atoms. The normalized spacial score (nSPS) is 21.6. The van der Waals surface area contributed by atoms with E-state index in [9.17, 15) is 5.11 Å². The monoisotopic (exact) mass is 295 g/mol. The maximum Gasteiger partial charge on any atom is 0.129 e. The second kappa shape index (κ2) is 6.29. The van der Waals surface area contributed by atoms with Gasteiger partial charge in [-0.1, -0.05) is 24.4 Å². The Hall–Kier alpha value is -0.840. The second-order valence-electron chi connectivity index (χ2n) is 5.75. The first-order valence-corrected chi connectivity index (χ1v) is 7.90. The Morgan fingerprint density at radius 3 is 2.55 bits per heavy atom. The molecule has 4 nitrogen and oxygen atoms in total. The summed E-state index contributed by atoms with van der Waals surface area (Å²) >= 11 is 6.00. The lowest BCUT2D eigenvalue weighted by atomic mass is 10.1. The minimum absolute atomic E-state index is 0.0314. The second-order valence-corrected chi connectivity index (χ2v) is 6.16. The van der Waals surface area contributed by atoms with Crippen LogP contribution in [0.15, 0.2) is 12.3 Å². The van der Waals surface area contributed by atoms with Gasteiger partial charge in [0.05, 0.1) is 11.6 Å². The first-order valence-electron chi connectivity index (χ1n) is 7.52. The van der Waals surface area contributed by atoms with E-state index >= 15 is 0 Å². The molecule has 1 aliphatic heterocycles. The molecule has 2 heterocycles. The standard InChI is InChI=1S/C15H22ClN3O/c16-14-10-17-15(9-12(14)11-20)19-7-5-18(6-8-19)13-3-1-2-4-13/h9-10,13,20H,1-8,11H2. The molecule has 1 aromatic rings. The highest BCUT2D eigenvalue weighted by molar-refractivity contribution is 6.31. The molecule has 5 heteroatoms. The summed E-state index contributed by atoms with van der Waals surface area (Å²) < 4.78 is 0. The van der Waals surface area contributed by atoms with Gasteiger partial charge in [0.15, 0.2) is 0 Å². The highest BCUT2D eigenvalue weighted by Gasteiger charge is 2.26. The Morgan fingerprint density at radius 2 is 1.90 bits per heavy atom. The third kappa shape index (κ3) is 2.92. The van der Waals surface area contributed by atoms with Crippen LogP contribution in [0.5, 0.6) is 0 Å². The van der Waals surface area contributed by atoms with Crippen molar-refractivity contribution in [1.29, 1.82) is 0 Å². The Bertz CT molecular complexity index is 454. The van der Waals surface area contributed by atoms with Crippen LogP contribution < -0.4 is 4.90 Å². The number of hydrogen-bond donors (Lipinski definition) is 1. The van der Waals surface area contributed by atoms with E-state index in [4.69, 9.17) is 11.6 Å². The predicted molar refractivity (Wildman–Crippen MR) is 81.2 cm³/mol. The average Bonchev–Trinajstić information content (AvgIpc) is 3.02. The number of pyridine rings is 1. The summed E-state index contributed by atoms with van der Waals surface area (Å²) in [5, 5.41) is 9.83. The molecule has 1 saturated heterocycles. The van der Waals surface area contributed by atoms with Crippen molar-refractivity contribution >= 4 is 17.4 Å². The first kappa shape index (κ1) is 14.1. The zero-order chi connectivity index (χ0) is 13.9. The number of halogens is 1. The Labute approximate surface area is 125 Å². The highest BCUT2D eigenvalue weighted by atomic mass is 35.5. The zero-order valence-corrected chi connectivity index (χ0v) is 12.5. The van der Waals surface area contributed by atoms with Crippen LogP contribution in [-0.2, 0) is 6.61 Å². The number of aromatic nitrogens is 1. The van der Waals surface area contributed by atoms with Crippen molar-refractivity contribution in [3.05, 3.63) is 22.8 Å². The fraction of sp³-hybridized carbons (Fsp3) is 0.667. The van der Waals surface area contributed by atoms with Crippen LogP contribution >= 0.6 is 11.6 Å². The number of piperazine rings is 1. The number of hydrogen-bond acceptors (Lipinski definition) is 4. The summed E-state index contributed by atoms with van der Waals surface area (Å²) in [4.78, 5) is 9.32. The van der Waals surface area contributed by atoms with Gasteiger partial charge in [-0.05, 0) is 18.9 Å². The van der Waals surface area contributed by atoms with Crippen LogP contribution in [0.1, 0.15) is 31.2 Å². The summed E-state index contributed by atoms with van der Waals surface area (Å²) in [5.74, 6) is 0.935. The van der Waals surface area contributed by atoms with Gasteiger partial charge in [0.25, 0.3) is 0 Å². The molecule has 0 spiro atoms. The average molecular weight is 296 g/mol. The molecule has 1 aliphatic carbocycles. The van der Waals surface area contributed by atoms with Crippen molar-refractivity contribution < 1.29 is 5.11 Å². The van der Waals surface area contributed by atoms with Crippen molar-refractivity contribution in [3.8, 4) is 0 Å². The molecular formula is C15H22ClN3O. The summed E-state index contributed by atoms with van der Waals surface area (Å²) in [6.07, 6.45) is 7.17. The molecule has 0 bridgehead atoms. The van der Waals surface area contributed by atoms with Gasteiger partial charge < -0.3 is 10.0 Å². The minimum atomic E-state index is -0.0314. The number of aliphatic hydroxyl groups excluding tert-OH is 1. The lowest BCUT2D eigenvalue weighted by Gasteiger charge is -2.38. The Kier molecular flexibility index (Phi) is 4.44. The Morgan fingerprint density at radius 1 is 1.20 bits per heavy atom. The van der Waals surface area contributed by atoms with Crippen molar-refractivity contribution in [2.45, 2.75) is 38.3 Å². The molecule has 0 aromatic carbocycles. The van der Waals surface area contributed by atoms with E-state index in [1.807, 2.05) is 6.07 Å². The molecule has 0 amide bonds. The SMILES string of the molecule is OCc1cc(N2CCN(C3CCCC3)CC2)ncc1Cl. The third-order valence-corrected chi connectivity index (χ3v) is 4.91. The van der Waals surface area contributed by atoms with Gasteiger partial charge in [-0.25, -0.2) is 4.98 Å². The van der Waals surface area contributed by atoms with Gasteiger partial charge in [-0.15, -0.1) is 0 Å². The molecule has 3 rings (SSSR count). The molecule has 0 radical (unpaired) electrons. The van der Waals surface area contributed by atoms with Crippen LogP contribution in [0.2, 0.25) is 5.02 Å². The number of anilines is 1. The maximum absolute atomic E-state index is 9.29. The fourth-order valence-corrected chi connectivity index (χ4v) is 3.51. The lowest BCUT2D eigenvalue weighted by molar-refractivity contribution is 0.187. The van der Waals surface area contributed by atoms with E-state index in [2.05, 4.69) is 14.8 Å². The van der Waals surface area contributed by atoms with Crippen molar-refractivity contribution in [3.63, 3.8) is 0 Å². The minimum Gasteiger partial charge on any atom is -0.392 e. The van der Waals surface area contributed by atoms with Crippen LogP contribution in [0.25, 0.3) is 0 Å². The molecule has 1 N–H and O–H groups in total. The van der Waals surface area contributed by atoms with Crippen molar-refractivity contribution in [1.82, 2.24) is 9.88 Å². The van der Waals surface area contributed by atoms with Gasteiger partial charge in [-0.3, -0.25) is 4.90 Å². The van der Waals surface area contributed by atoms with E-state index in [1.54, 1.807) is 6.20 Å². The van der Waals surface area contributed by atoms with Gasteiger partial charge in [0.1, 0.15) is 5.82 Å². The number of nitrogens with zero attached hydrogens (tertiary/aromatic N) is 3. The summed E-state index contributed by atoms with van der Waals surface area (Å²) in [6.45, 7) is 4.22. The molecule has 0 unspecified atom stereocenters. The van der Waals surface area contributed by atoms with Crippen LogP contribution in [-0.4, -0.2) is 47.2 Å². The third-order valence-electron chi connectivity index (χ3n) is 4.57. The molecule has 1 saturated carbocycles. The lowest BCUT2D eigenvalue weighted by Crippen LogP contribution is -2.50. The number of rotatable bonds is 3. The summed E-state index contributed by atoms with van der Waals surface area (Å²) in [5.41, 5.74) is 0.759.